The Kier molecular flexibility index (Phi) is 10.6. The van der Waals surface area contributed by atoms with Crippen LogP contribution in [0.5, 0.6) is 0 Å². The second-order valence-corrected chi connectivity index (χ2v) is 12.8. The number of aliphatic hydroxyl groups excluding tert-OH is 1. The molecule has 0 aliphatic carbocycles. The SMILES string of the molecule is C=CCCC(=O)NC[C@@H](OC(=O)[C@@H]1[C@@H]2CC[C@]3(O2)[C@H](C(=O)N(CC=C)C(C)C)N([C@H](CO)c2ccccc2)C(=O)[C@@H]13)c1ccccc1. The van der Waals surface area contributed by atoms with Crippen LogP contribution < -0.4 is 5.32 Å². The van der Waals surface area contributed by atoms with E-state index in [4.69, 9.17) is 9.47 Å². The van der Waals surface area contributed by atoms with Gasteiger partial charge in [0.05, 0.1) is 37.1 Å². The van der Waals surface area contributed by atoms with E-state index in [0.717, 1.165) is 0 Å². The third-order valence-corrected chi connectivity index (χ3v) is 9.66. The molecule has 10 nitrogen and oxygen atoms in total. The highest BCUT2D eigenvalue weighted by molar-refractivity contribution is 5.98. The van der Waals surface area contributed by atoms with Crippen molar-refractivity contribution in [3.8, 4) is 0 Å². The fourth-order valence-corrected chi connectivity index (χ4v) is 7.50. The number of fused-ring (bicyclic) bond motifs is 1. The van der Waals surface area contributed by atoms with Crippen molar-refractivity contribution in [1.29, 1.82) is 0 Å². The summed E-state index contributed by atoms with van der Waals surface area (Å²) in [5.41, 5.74) is 0.0834. The first-order chi connectivity index (χ1) is 22.7. The van der Waals surface area contributed by atoms with Crippen LogP contribution in [-0.2, 0) is 28.7 Å². The molecule has 5 rings (SSSR count). The van der Waals surface area contributed by atoms with Gasteiger partial charge in [0, 0.05) is 19.0 Å². The number of amides is 3. The normalized spacial score (nSPS) is 25.6. The number of rotatable bonds is 15. The number of aliphatic hydroxyl groups is 1. The molecule has 3 fully saturated rings. The zero-order valence-corrected chi connectivity index (χ0v) is 27.1. The van der Waals surface area contributed by atoms with Crippen molar-refractivity contribution >= 4 is 23.7 Å². The van der Waals surface area contributed by atoms with Crippen molar-refractivity contribution in [3.63, 3.8) is 0 Å². The molecule has 47 heavy (non-hydrogen) atoms. The van der Waals surface area contributed by atoms with Gasteiger partial charge in [0.25, 0.3) is 0 Å². The van der Waals surface area contributed by atoms with Gasteiger partial charge in [-0.1, -0.05) is 72.8 Å². The highest BCUT2D eigenvalue weighted by Crippen LogP contribution is 2.60. The van der Waals surface area contributed by atoms with Gasteiger partial charge < -0.3 is 29.7 Å². The van der Waals surface area contributed by atoms with Crippen molar-refractivity contribution in [2.45, 2.75) is 75.5 Å². The quantitative estimate of drug-likeness (QED) is 0.223. The smallest absolute Gasteiger partial charge is 0.313 e. The number of hydrogen-bond acceptors (Lipinski definition) is 7. The van der Waals surface area contributed by atoms with Gasteiger partial charge in [0.15, 0.2) is 0 Å². The highest BCUT2D eigenvalue weighted by Gasteiger charge is 2.76. The predicted octanol–water partition coefficient (Wildman–Crippen LogP) is 3.88. The fourth-order valence-electron chi connectivity index (χ4n) is 7.50. The molecular weight excluding hydrogens is 598 g/mol. The molecule has 2 aromatic rings. The standard InChI is InChI=1S/C37H45N3O7/c1-5-7-18-30(42)38-22-29(26-16-12-9-13-17-26)46-36(45)31-28-19-20-37(47-28)32(31)34(43)40(27(23-41)25-14-10-8-11-15-25)33(37)35(44)39(21-6-2)24(3)4/h5-6,8-17,24,27-29,31-33,41H,1-2,7,18-23H2,3-4H3,(H,38,42)/t27-,28+,29-,31-,32-,33+,37-/m1/s1. The van der Waals surface area contributed by atoms with Crippen LogP contribution in [0.15, 0.2) is 86.0 Å². The molecule has 10 heteroatoms. The maximum Gasteiger partial charge on any atom is 0.313 e. The number of nitrogens with zero attached hydrogens (tertiary/aromatic N) is 2. The monoisotopic (exact) mass is 643 g/mol. The summed E-state index contributed by atoms with van der Waals surface area (Å²) in [5, 5.41) is 13.6. The van der Waals surface area contributed by atoms with Gasteiger partial charge in [-0.15, -0.1) is 13.2 Å². The lowest BCUT2D eigenvalue weighted by Gasteiger charge is -2.40. The first kappa shape index (κ1) is 34.1. The number of carbonyl (C=O) groups excluding carboxylic acids is 4. The molecule has 0 radical (unpaired) electrons. The van der Waals surface area contributed by atoms with Gasteiger partial charge in [-0.25, -0.2) is 0 Å². The van der Waals surface area contributed by atoms with Gasteiger partial charge >= 0.3 is 5.97 Å². The van der Waals surface area contributed by atoms with E-state index in [1.165, 1.54) is 4.90 Å². The number of nitrogens with one attached hydrogen (secondary N) is 1. The van der Waals surface area contributed by atoms with E-state index in [1.807, 2.05) is 74.5 Å². The molecule has 0 aromatic heterocycles. The molecule has 3 heterocycles. The second-order valence-electron chi connectivity index (χ2n) is 12.8. The lowest BCUT2D eigenvalue weighted by atomic mass is 9.70. The number of esters is 1. The van der Waals surface area contributed by atoms with Gasteiger partial charge in [0.1, 0.15) is 17.7 Å². The van der Waals surface area contributed by atoms with E-state index >= 15 is 0 Å². The third-order valence-electron chi connectivity index (χ3n) is 9.66. The summed E-state index contributed by atoms with van der Waals surface area (Å²) >= 11 is 0. The summed E-state index contributed by atoms with van der Waals surface area (Å²) in [6.45, 7) is 11.2. The Morgan fingerprint density at radius 3 is 2.34 bits per heavy atom. The lowest BCUT2D eigenvalue weighted by Crippen LogP contribution is -2.58. The molecule has 250 valence electrons. The van der Waals surface area contributed by atoms with Gasteiger partial charge in [-0.3, -0.25) is 19.2 Å². The molecule has 0 saturated carbocycles. The average molecular weight is 644 g/mol. The van der Waals surface area contributed by atoms with Crippen LogP contribution >= 0.6 is 0 Å². The van der Waals surface area contributed by atoms with Crippen LogP contribution in [0, 0.1) is 11.8 Å². The summed E-state index contributed by atoms with van der Waals surface area (Å²) in [6.07, 6.45) is 3.52. The van der Waals surface area contributed by atoms with E-state index in [2.05, 4.69) is 18.5 Å². The molecule has 2 N–H and O–H groups in total. The van der Waals surface area contributed by atoms with Crippen LogP contribution in [0.4, 0.5) is 0 Å². The Hall–Kier alpha value is -4.28. The maximum absolute atomic E-state index is 14.7. The predicted molar refractivity (Wildman–Crippen MR) is 175 cm³/mol. The van der Waals surface area contributed by atoms with Crippen LogP contribution in [-0.4, -0.2) is 82.1 Å². The summed E-state index contributed by atoms with van der Waals surface area (Å²) in [5.74, 6) is -3.52. The number of likely N-dealkylation sites (tertiary alicyclic amines) is 1. The first-order valence-electron chi connectivity index (χ1n) is 16.4. The first-order valence-corrected chi connectivity index (χ1v) is 16.4. The van der Waals surface area contributed by atoms with Crippen LogP contribution in [0.1, 0.15) is 62.8 Å². The van der Waals surface area contributed by atoms with E-state index < -0.39 is 60.2 Å². The van der Waals surface area contributed by atoms with Gasteiger partial charge in [-0.05, 0) is 44.2 Å². The Bertz CT molecular complexity index is 1460. The molecule has 3 aliphatic rings. The molecule has 7 atom stereocenters. The Morgan fingerprint density at radius 1 is 1.09 bits per heavy atom. The van der Waals surface area contributed by atoms with Crippen molar-refractivity contribution in [1.82, 2.24) is 15.1 Å². The molecule has 2 bridgehead atoms. The largest absolute Gasteiger partial charge is 0.455 e. The average Bonchev–Trinajstić information content (AvgIpc) is 3.73. The van der Waals surface area contributed by atoms with Crippen LogP contribution in [0.3, 0.4) is 0 Å². The van der Waals surface area contributed by atoms with E-state index in [1.54, 1.807) is 17.1 Å². The van der Waals surface area contributed by atoms with Gasteiger partial charge in [0.2, 0.25) is 17.7 Å². The molecule has 1 spiro atoms. The molecule has 3 aliphatic heterocycles. The summed E-state index contributed by atoms with van der Waals surface area (Å²) < 4.78 is 12.7. The molecule has 2 aromatic carbocycles. The van der Waals surface area contributed by atoms with E-state index in [-0.39, 0.29) is 37.4 Å². The minimum atomic E-state index is -1.28. The maximum atomic E-state index is 14.7. The second kappa shape index (κ2) is 14.6. The molecule has 0 unspecified atom stereocenters. The zero-order chi connectivity index (χ0) is 33.7. The van der Waals surface area contributed by atoms with E-state index in [0.29, 0.717) is 30.4 Å². The zero-order valence-electron chi connectivity index (χ0n) is 27.1. The highest BCUT2D eigenvalue weighted by atomic mass is 16.6. The number of carbonyl (C=O) groups is 4. The van der Waals surface area contributed by atoms with Crippen LogP contribution in [0.2, 0.25) is 0 Å². The van der Waals surface area contributed by atoms with Crippen molar-refractivity contribution < 1.29 is 33.8 Å². The number of allylic oxidation sites excluding steroid dienone is 1. The van der Waals surface area contributed by atoms with Crippen molar-refractivity contribution in [2.24, 2.45) is 11.8 Å². The number of benzene rings is 2. The summed E-state index contributed by atoms with van der Waals surface area (Å²) in [7, 11) is 0. The van der Waals surface area contributed by atoms with Gasteiger partial charge in [-0.2, -0.15) is 0 Å². The summed E-state index contributed by atoms with van der Waals surface area (Å²) in [6, 6.07) is 16.1. The number of ether oxygens (including phenoxy) is 2. The van der Waals surface area contributed by atoms with Crippen molar-refractivity contribution in [2.75, 3.05) is 19.7 Å². The molecular formula is C37H45N3O7. The number of hydrogen-bond donors (Lipinski definition) is 2. The lowest BCUT2D eigenvalue weighted by molar-refractivity contribution is -0.161. The Labute approximate surface area is 276 Å². The minimum Gasteiger partial charge on any atom is -0.455 e. The van der Waals surface area contributed by atoms with E-state index in [9.17, 15) is 24.3 Å². The van der Waals surface area contributed by atoms with Crippen LogP contribution in [0.25, 0.3) is 0 Å². The Morgan fingerprint density at radius 2 is 1.74 bits per heavy atom. The Balaban J connectivity index is 1.50. The topological polar surface area (TPSA) is 125 Å². The molecule has 3 amide bonds. The fraction of sp³-hybridized carbons (Fsp3) is 0.459. The minimum absolute atomic E-state index is 0.0481. The van der Waals surface area contributed by atoms with Crippen molar-refractivity contribution in [3.05, 3.63) is 97.1 Å². The molecule has 3 saturated heterocycles. The summed E-state index contributed by atoms with van der Waals surface area (Å²) in [4.78, 5) is 58.9. The third kappa shape index (κ3) is 6.49.